The Bertz CT molecular complexity index is 640. The van der Waals surface area contributed by atoms with E-state index < -0.39 is 9.84 Å². The van der Waals surface area contributed by atoms with Gasteiger partial charge in [-0.1, -0.05) is 23.7 Å². The molecule has 2 rings (SSSR count). The summed E-state index contributed by atoms with van der Waals surface area (Å²) in [5.74, 6) is -0.168. The molecule has 0 atom stereocenters. The van der Waals surface area contributed by atoms with E-state index in [9.17, 15) is 8.42 Å². The average Bonchev–Trinajstić information content (AvgIpc) is 2.65. The van der Waals surface area contributed by atoms with Crippen molar-refractivity contribution in [2.75, 3.05) is 0 Å². The third kappa shape index (κ3) is 3.16. The van der Waals surface area contributed by atoms with Crippen molar-refractivity contribution in [1.82, 2.24) is 9.36 Å². The molecule has 0 fully saturated rings. The molecule has 1 heterocycles. The maximum Gasteiger partial charge on any atom is 0.235 e. The number of hydrogen-bond acceptors (Lipinski definition) is 5. The fourth-order valence-electron chi connectivity index (χ4n) is 1.23. The van der Waals surface area contributed by atoms with E-state index in [0.29, 0.717) is 10.6 Å². The predicted octanol–water partition coefficient (Wildman–Crippen LogP) is 2.82. The van der Waals surface area contributed by atoms with E-state index in [0.717, 1.165) is 11.5 Å². The van der Waals surface area contributed by atoms with Crippen LogP contribution in [-0.4, -0.2) is 17.8 Å². The van der Waals surface area contributed by atoms with Crippen LogP contribution >= 0.6 is 34.7 Å². The highest BCUT2D eigenvalue weighted by Gasteiger charge is 2.20. The minimum atomic E-state index is -3.51. The van der Waals surface area contributed by atoms with Crippen molar-refractivity contribution in [3.63, 3.8) is 0 Å². The van der Waals surface area contributed by atoms with E-state index >= 15 is 0 Å². The highest BCUT2D eigenvalue weighted by molar-refractivity contribution is 7.92. The highest BCUT2D eigenvalue weighted by Crippen LogP contribution is 2.21. The number of hydrogen-bond donors (Lipinski definition) is 0. The molecule has 0 radical (unpaired) electrons. The number of halogens is 2. The van der Waals surface area contributed by atoms with Crippen LogP contribution in [0.15, 0.2) is 28.6 Å². The summed E-state index contributed by atoms with van der Waals surface area (Å²) in [5.41, 5.74) is 0.601. The van der Waals surface area contributed by atoms with Gasteiger partial charge in [0.05, 0.1) is 5.75 Å². The number of nitrogens with zero attached hydrogens (tertiary/aromatic N) is 2. The van der Waals surface area contributed by atoms with Crippen LogP contribution in [0.4, 0.5) is 0 Å². The number of rotatable bonds is 3. The van der Waals surface area contributed by atoms with Crippen LogP contribution in [0.3, 0.4) is 0 Å². The summed E-state index contributed by atoms with van der Waals surface area (Å²) in [7, 11) is -3.51. The third-order valence-corrected chi connectivity index (χ3v) is 5.23. The van der Waals surface area contributed by atoms with Gasteiger partial charge in [-0.25, -0.2) is 8.42 Å². The molecule has 0 unspecified atom stereocenters. The summed E-state index contributed by atoms with van der Waals surface area (Å²) < 4.78 is 27.4. The Morgan fingerprint density at radius 2 is 2.06 bits per heavy atom. The molecule has 1 aromatic heterocycles. The normalized spacial score (nSPS) is 11.6. The number of benzene rings is 1. The Morgan fingerprint density at radius 3 is 2.65 bits per heavy atom. The molecule has 0 saturated carbocycles. The van der Waals surface area contributed by atoms with Crippen molar-refractivity contribution in [3.8, 4) is 0 Å². The molecule has 0 aliphatic carbocycles. The van der Waals surface area contributed by atoms with E-state index in [-0.39, 0.29) is 15.4 Å². The van der Waals surface area contributed by atoms with Gasteiger partial charge >= 0.3 is 0 Å². The topological polar surface area (TPSA) is 59.9 Å². The van der Waals surface area contributed by atoms with Gasteiger partial charge in [-0.15, -0.1) is 0 Å². The molecule has 90 valence electrons. The molecule has 0 bridgehead atoms. The SMILES string of the molecule is O=S(=O)(Cc1cccc(Cl)c1)c1nc(Cl)ns1. The lowest BCUT2D eigenvalue weighted by molar-refractivity contribution is 0.594. The van der Waals surface area contributed by atoms with Crippen molar-refractivity contribution < 1.29 is 8.42 Å². The van der Waals surface area contributed by atoms with Gasteiger partial charge in [0.15, 0.2) is 0 Å². The standard InChI is InChI=1S/C9H6Cl2N2O2S2/c10-7-3-1-2-6(4-7)5-17(14,15)9-12-8(11)13-16-9/h1-4H,5H2. The first-order valence-corrected chi connectivity index (χ1v) is 7.62. The van der Waals surface area contributed by atoms with Gasteiger partial charge < -0.3 is 0 Å². The zero-order chi connectivity index (χ0) is 12.5. The van der Waals surface area contributed by atoms with E-state index in [1.807, 2.05) is 0 Å². The summed E-state index contributed by atoms with van der Waals surface area (Å²) in [4.78, 5) is 3.65. The van der Waals surface area contributed by atoms with Crippen LogP contribution < -0.4 is 0 Å². The summed E-state index contributed by atoms with van der Waals surface area (Å²) in [6, 6.07) is 6.66. The second kappa shape index (κ2) is 4.89. The molecule has 0 saturated heterocycles. The number of sulfone groups is 1. The van der Waals surface area contributed by atoms with Crippen molar-refractivity contribution in [3.05, 3.63) is 40.1 Å². The smallest absolute Gasteiger partial charge is 0.221 e. The zero-order valence-corrected chi connectivity index (χ0v) is 11.4. The molecule has 8 heteroatoms. The van der Waals surface area contributed by atoms with Crippen LogP contribution in [0.5, 0.6) is 0 Å². The Kier molecular flexibility index (Phi) is 3.67. The first-order chi connectivity index (χ1) is 7.97. The molecule has 0 N–H and O–H groups in total. The molecular formula is C9H6Cl2N2O2S2. The van der Waals surface area contributed by atoms with Gasteiger partial charge in [0.1, 0.15) is 0 Å². The molecule has 2 aromatic rings. The summed E-state index contributed by atoms with van der Waals surface area (Å²) >= 11 is 12.0. The van der Waals surface area contributed by atoms with Crippen molar-refractivity contribution >= 4 is 44.6 Å². The Balaban J connectivity index is 2.29. The first-order valence-electron chi connectivity index (χ1n) is 4.44. The summed E-state index contributed by atoms with van der Waals surface area (Å²) in [6.07, 6.45) is 0. The average molecular weight is 309 g/mol. The van der Waals surface area contributed by atoms with Gasteiger partial charge in [-0.2, -0.15) is 9.36 Å². The van der Waals surface area contributed by atoms with E-state index in [4.69, 9.17) is 23.2 Å². The lowest BCUT2D eigenvalue weighted by atomic mass is 10.2. The largest absolute Gasteiger partial charge is 0.235 e. The molecule has 4 nitrogen and oxygen atoms in total. The minimum absolute atomic E-state index is 0.0559. The van der Waals surface area contributed by atoms with Gasteiger partial charge in [-0.3, -0.25) is 0 Å². The molecule has 0 spiro atoms. The monoisotopic (exact) mass is 308 g/mol. The number of aromatic nitrogens is 2. The molecule has 0 aliphatic heterocycles. The Morgan fingerprint density at radius 1 is 1.29 bits per heavy atom. The molecule has 17 heavy (non-hydrogen) atoms. The first kappa shape index (κ1) is 12.8. The maximum atomic E-state index is 11.9. The zero-order valence-electron chi connectivity index (χ0n) is 8.30. The third-order valence-electron chi connectivity index (χ3n) is 1.89. The second-order valence-electron chi connectivity index (χ2n) is 3.22. The van der Waals surface area contributed by atoms with Crippen LogP contribution in [-0.2, 0) is 15.6 Å². The maximum absolute atomic E-state index is 11.9. The lowest BCUT2D eigenvalue weighted by Gasteiger charge is -2.01. The van der Waals surface area contributed by atoms with Gasteiger partial charge in [0.2, 0.25) is 19.5 Å². The van der Waals surface area contributed by atoms with E-state index in [1.165, 1.54) is 0 Å². The molecular weight excluding hydrogens is 303 g/mol. The van der Waals surface area contributed by atoms with E-state index in [1.54, 1.807) is 24.3 Å². The van der Waals surface area contributed by atoms with Crippen molar-refractivity contribution in [2.24, 2.45) is 0 Å². The second-order valence-corrected chi connectivity index (χ2v) is 6.91. The van der Waals surface area contributed by atoms with Crippen LogP contribution in [0.2, 0.25) is 10.3 Å². The van der Waals surface area contributed by atoms with Crippen LogP contribution in [0.25, 0.3) is 0 Å². The minimum Gasteiger partial charge on any atom is -0.221 e. The molecule has 1 aromatic carbocycles. The quantitative estimate of drug-likeness (QED) is 0.875. The predicted molar refractivity (Wildman–Crippen MR) is 67.3 cm³/mol. The van der Waals surface area contributed by atoms with E-state index in [2.05, 4.69) is 9.36 Å². The highest BCUT2D eigenvalue weighted by atomic mass is 35.5. The van der Waals surface area contributed by atoms with Crippen LogP contribution in [0, 0.1) is 0 Å². The fourth-order valence-corrected chi connectivity index (χ4v) is 3.76. The molecule has 0 aliphatic rings. The van der Waals surface area contributed by atoms with Crippen molar-refractivity contribution in [1.29, 1.82) is 0 Å². The molecule has 0 amide bonds. The summed E-state index contributed by atoms with van der Waals surface area (Å²) in [6.45, 7) is 0. The van der Waals surface area contributed by atoms with Gasteiger partial charge in [0, 0.05) is 5.02 Å². The van der Waals surface area contributed by atoms with Gasteiger partial charge in [0.25, 0.3) is 0 Å². The van der Waals surface area contributed by atoms with Crippen molar-refractivity contribution in [2.45, 2.75) is 10.1 Å². The Hall–Kier alpha value is -0.690. The Labute approximate surface area is 112 Å². The van der Waals surface area contributed by atoms with Gasteiger partial charge in [-0.05, 0) is 40.8 Å². The summed E-state index contributed by atoms with van der Waals surface area (Å²) in [5, 5.41) is 0.438. The lowest BCUT2D eigenvalue weighted by Crippen LogP contribution is -2.04. The fraction of sp³-hybridized carbons (Fsp3) is 0.111. The van der Waals surface area contributed by atoms with Crippen LogP contribution in [0.1, 0.15) is 5.56 Å².